The lowest BCUT2D eigenvalue weighted by Crippen LogP contribution is -2.50. The van der Waals surface area contributed by atoms with Gasteiger partial charge < -0.3 is 5.11 Å². The lowest BCUT2D eigenvalue weighted by atomic mass is 9.77. The summed E-state index contributed by atoms with van der Waals surface area (Å²) in [5.41, 5.74) is 0.0688. The third-order valence-corrected chi connectivity index (χ3v) is 4.42. The minimum absolute atomic E-state index is 0.0688. The highest BCUT2D eigenvalue weighted by atomic mass is 16.3. The van der Waals surface area contributed by atoms with Crippen molar-refractivity contribution in [1.29, 1.82) is 0 Å². The first-order chi connectivity index (χ1) is 7.62. The molecule has 1 saturated heterocycles. The number of nitrogens with zero attached hydrogens (tertiary/aromatic N) is 1. The molecular formula is C14H27NO. The summed E-state index contributed by atoms with van der Waals surface area (Å²) in [6, 6.07) is 0.827. The Hall–Kier alpha value is -0.0800. The predicted octanol–water partition coefficient (Wildman–Crippen LogP) is 2.66. The zero-order chi connectivity index (χ0) is 11.6. The maximum Gasteiger partial charge on any atom is 0.0494 e. The van der Waals surface area contributed by atoms with E-state index in [1.54, 1.807) is 0 Å². The SMILES string of the molecule is CC(C)(CO)CN1CCC[C@H]2CCCC[C@H]21. The number of hydrogen-bond donors (Lipinski definition) is 1. The van der Waals surface area contributed by atoms with Crippen molar-refractivity contribution in [2.24, 2.45) is 11.3 Å². The first-order valence-corrected chi connectivity index (χ1v) is 6.97. The Morgan fingerprint density at radius 3 is 2.56 bits per heavy atom. The van der Waals surface area contributed by atoms with Crippen molar-refractivity contribution < 1.29 is 5.11 Å². The summed E-state index contributed by atoms with van der Waals surface area (Å²) >= 11 is 0. The second-order valence-corrected chi connectivity index (χ2v) is 6.55. The molecule has 0 spiro atoms. The molecule has 0 bridgehead atoms. The minimum Gasteiger partial charge on any atom is -0.396 e. The third kappa shape index (κ3) is 2.78. The van der Waals surface area contributed by atoms with E-state index < -0.39 is 0 Å². The highest BCUT2D eigenvalue weighted by molar-refractivity contribution is 4.89. The van der Waals surface area contributed by atoms with E-state index in [-0.39, 0.29) is 5.41 Å². The smallest absolute Gasteiger partial charge is 0.0494 e. The molecule has 0 aromatic heterocycles. The Morgan fingerprint density at radius 2 is 1.81 bits per heavy atom. The van der Waals surface area contributed by atoms with Gasteiger partial charge in [-0.1, -0.05) is 26.7 Å². The normalized spacial score (nSPS) is 32.4. The molecule has 16 heavy (non-hydrogen) atoms. The maximum atomic E-state index is 9.39. The molecule has 1 saturated carbocycles. The van der Waals surface area contributed by atoms with Gasteiger partial charge in [-0.15, -0.1) is 0 Å². The lowest BCUT2D eigenvalue weighted by molar-refractivity contribution is 0.0156. The van der Waals surface area contributed by atoms with Gasteiger partial charge in [0.1, 0.15) is 0 Å². The van der Waals surface area contributed by atoms with Gasteiger partial charge in [-0.3, -0.25) is 4.90 Å². The Balaban J connectivity index is 1.97. The molecule has 2 aliphatic rings. The van der Waals surface area contributed by atoms with Crippen LogP contribution in [0.5, 0.6) is 0 Å². The van der Waals surface area contributed by atoms with E-state index in [1.165, 1.54) is 45.1 Å². The van der Waals surface area contributed by atoms with E-state index in [0.717, 1.165) is 18.5 Å². The van der Waals surface area contributed by atoms with Crippen molar-refractivity contribution >= 4 is 0 Å². The van der Waals surface area contributed by atoms with Crippen LogP contribution in [0.4, 0.5) is 0 Å². The summed E-state index contributed by atoms with van der Waals surface area (Å²) in [7, 11) is 0. The molecule has 2 fully saturated rings. The van der Waals surface area contributed by atoms with Crippen LogP contribution in [-0.2, 0) is 0 Å². The third-order valence-electron chi connectivity index (χ3n) is 4.42. The van der Waals surface area contributed by atoms with Gasteiger partial charge in [0.05, 0.1) is 0 Å². The lowest BCUT2D eigenvalue weighted by Gasteiger charge is -2.46. The monoisotopic (exact) mass is 225 g/mol. The Kier molecular flexibility index (Phi) is 3.91. The largest absolute Gasteiger partial charge is 0.396 e. The summed E-state index contributed by atoms with van der Waals surface area (Å²) in [5.74, 6) is 0.956. The minimum atomic E-state index is 0.0688. The van der Waals surface area contributed by atoms with Crippen molar-refractivity contribution in [2.75, 3.05) is 19.7 Å². The molecule has 0 radical (unpaired) electrons. The van der Waals surface area contributed by atoms with E-state index in [4.69, 9.17) is 0 Å². The van der Waals surface area contributed by atoms with E-state index in [1.807, 2.05) is 0 Å². The van der Waals surface area contributed by atoms with Gasteiger partial charge in [-0.25, -0.2) is 0 Å². The van der Waals surface area contributed by atoms with Crippen LogP contribution < -0.4 is 0 Å². The summed E-state index contributed by atoms with van der Waals surface area (Å²) in [5, 5.41) is 9.39. The number of likely N-dealkylation sites (tertiary alicyclic amines) is 1. The first-order valence-electron chi connectivity index (χ1n) is 6.97. The van der Waals surface area contributed by atoms with E-state index in [9.17, 15) is 5.11 Å². The van der Waals surface area contributed by atoms with Gasteiger partial charge in [-0.05, 0) is 38.1 Å². The molecule has 0 aromatic rings. The molecule has 94 valence electrons. The molecule has 1 aliphatic heterocycles. The molecule has 1 N–H and O–H groups in total. The first kappa shape index (κ1) is 12.4. The maximum absolute atomic E-state index is 9.39. The number of piperidine rings is 1. The molecule has 2 heteroatoms. The van der Waals surface area contributed by atoms with Gasteiger partial charge in [0.2, 0.25) is 0 Å². The molecular weight excluding hydrogens is 198 g/mol. The summed E-state index contributed by atoms with van der Waals surface area (Å²) in [6.45, 7) is 7.00. The summed E-state index contributed by atoms with van der Waals surface area (Å²) in [4.78, 5) is 2.67. The number of hydrogen-bond acceptors (Lipinski definition) is 2. The van der Waals surface area contributed by atoms with Crippen LogP contribution in [0.25, 0.3) is 0 Å². The number of rotatable bonds is 3. The zero-order valence-corrected chi connectivity index (χ0v) is 10.9. The number of aliphatic hydroxyl groups excluding tert-OH is 1. The van der Waals surface area contributed by atoms with Crippen molar-refractivity contribution in [3.63, 3.8) is 0 Å². The van der Waals surface area contributed by atoms with Gasteiger partial charge in [0.25, 0.3) is 0 Å². The molecule has 2 atom stereocenters. The van der Waals surface area contributed by atoms with Crippen LogP contribution >= 0.6 is 0 Å². The second kappa shape index (κ2) is 5.05. The molecule has 1 aliphatic carbocycles. The number of aliphatic hydroxyl groups is 1. The Morgan fingerprint density at radius 1 is 1.12 bits per heavy atom. The van der Waals surface area contributed by atoms with E-state index in [2.05, 4.69) is 18.7 Å². The van der Waals surface area contributed by atoms with Crippen molar-refractivity contribution in [1.82, 2.24) is 4.90 Å². The van der Waals surface area contributed by atoms with Crippen molar-refractivity contribution in [3.8, 4) is 0 Å². The molecule has 0 amide bonds. The van der Waals surface area contributed by atoms with Crippen LogP contribution in [0.1, 0.15) is 52.4 Å². The zero-order valence-electron chi connectivity index (χ0n) is 10.9. The molecule has 0 aromatic carbocycles. The Labute approximate surface area is 100 Å². The Bertz CT molecular complexity index is 225. The molecule has 2 rings (SSSR count). The van der Waals surface area contributed by atoms with Crippen LogP contribution in [0.3, 0.4) is 0 Å². The number of fused-ring (bicyclic) bond motifs is 1. The van der Waals surface area contributed by atoms with Crippen LogP contribution in [-0.4, -0.2) is 35.7 Å². The van der Waals surface area contributed by atoms with Gasteiger partial charge in [-0.2, -0.15) is 0 Å². The molecule has 2 nitrogen and oxygen atoms in total. The fraction of sp³-hybridized carbons (Fsp3) is 1.00. The highest BCUT2D eigenvalue weighted by Gasteiger charge is 2.35. The summed E-state index contributed by atoms with van der Waals surface area (Å²) < 4.78 is 0. The van der Waals surface area contributed by atoms with Gasteiger partial charge in [0, 0.05) is 24.6 Å². The average Bonchev–Trinajstić information content (AvgIpc) is 2.29. The van der Waals surface area contributed by atoms with E-state index >= 15 is 0 Å². The average molecular weight is 225 g/mol. The van der Waals surface area contributed by atoms with Crippen LogP contribution in [0.15, 0.2) is 0 Å². The van der Waals surface area contributed by atoms with Gasteiger partial charge >= 0.3 is 0 Å². The van der Waals surface area contributed by atoms with Crippen molar-refractivity contribution in [3.05, 3.63) is 0 Å². The van der Waals surface area contributed by atoms with Crippen molar-refractivity contribution in [2.45, 2.75) is 58.4 Å². The second-order valence-electron chi connectivity index (χ2n) is 6.55. The summed E-state index contributed by atoms with van der Waals surface area (Å²) in [6.07, 6.45) is 8.51. The molecule has 0 unspecified atom stereocenters. The van der Waals surface area contributed by atoms with Crippen LogP contribution in [0, 0.1) is 11.3 Å². The standard InChI is InChI=1S/C14H27NO/c1-14(2,11-16)10-15-9-5-7-12-6-3-4-8-13(12)15/h12-13,16H,3-11H2,1-2H3/t12-,13-/m1/s1. The fourth-order valence-corrected chi connectivity index (χ4v) is 3.52. The molecule has 1 heterocycles. The van der Waals surface area contributed by atoms with Gasteiger partial charge in [0.15, 0.2) is 0 Å². The van der Waals surface area contributed by atoms with Crippen LogP contribution in [0.2, 0.25) is 0 Å². The van der Waals surface area contributed by atoms with E-state index in [0.29, 0.717) is 6.61 Å². The predicted molar refractivity (Wildman–Crippen MR) is 67.4 cm³/mol. The highest BCUT2D eigenvalue weighted by Crippen LogP contribution is 2.36. The topological polar surface area (TPSA) is 23.5 Å². The fourth-order valence-electron chi connectivity index (χ4n) is 3.52. The quantitative estimate of drug-likeness (QED) is 0.798.